The van der Waals surface area contributed by atoms with E-state index < -0.39 is 8.32 Å². The maximum absolute atomic E-state index is 12.9. The van der Waals surface area contributed by atoms with Gasteiger partial charge in [-0.1, -0.05) is 52.0 Å². The molecular formula is C31H44O4Si. The zero-order chi connectivity index (χ0) is 26.7. The largest absolute Gasteiger partial charge is 0.489 e. The quantitative estimate of drug-likeness (QED) is 0.193. The second kappa shape index (κ2) is 11.5. The number of carbonyl (C=O) groups is 2. The molecule has 0 saturated heterocycles. The molecule has 5 atom stereocenters. The summed E-state index contributed by atoms with van der Waals surface area (Å²) in [6.45, 7) is 16.8. The van der Waals surface area contributed by atoms with Crippen molar-refractivity contribution >= 4 is 19.9 Å². The van der Waals surface area contributed by atoms with E-state index in [1.165, 1.54) is 11.1 Å². The first-order valence-corrected chi connectivity index (χ1v) is 16.3. The van der Waals surface area contributed by atoms with Gasteiger partial charge in [-0.15, -0.1) is 11.8 Å². The van der Waals surface area contributed by atoms with E-state index in [-0.39, 0.29) is 46.6 Å². The lowest BCUT2D eigenvalue weighted by atomic mass is 9.86. The minimum Gasteiger partial charge on any atom is -0.489 e. The topological polar surface area (TPSA) is 52.6 Å². The zero-order valence-corrected chi connectivity index (χ0v) is 24.4. The molecule has 1 heterocycles. The fraction of sp³-hybridized carbons (Fsp3) is 0.613. The Balaban J connectivity index is 1.90. The zero-order valence-electron chi connectivity index (χ0n) is 23.4. The average molecular weight is 509 g/mol. The first-order chi connectivity index (χ1) is 16.9. The molecule has 1 aliphatic carbocycles. The number of carbonyl (C=O) groups excluding carboxylic acids is 2. The van der Waals surface area contributed by atoms with Gasteiger partial charge in [0.1, 0.15) is 17.6 Å². The number of hydrogen-bond acceptors (Lipinski definition) is 4. The number of ketones is 2. The highest BCUT2D eigenvalue weighted by atomic mass is 28.4. The van der Waals surface area contributed by atoms with Gasteiger partial charge in [0.25, 0.3) is 0 Å². The Bertz CT molecular complexity index is 1050. The van der Waals surface area contributed by atoms with Crippen LogP contribution < -0.4 is 4.74 Å². The Morgan fingerprint density at radius 1 is 1.28 bits per heavy atom. The highest BCUT2D eigenvalue weighted by molar-refractivity contribution is 6.74. The summed E-state index contributed by atoms with van der Waals surface area (Å²) < 4.78 is 13.5. The molecule has 0 N–H and O–H groups in total. The van der Waals surface area contributed by atoms with Gasteiger partial charge in [-0.2, -0.15) is 0 Å². The number of aryl methyl sites for hydroxylation is 1. The van der Waals surface area contributed by atoms with Crippen LogP contribution in [0, 0.1) is 23.7 Å². The Morgan fingerprint density at radius 3 is 2.64 bits per heavy atom. The van der Waals surface area contributed by atoms with Crippen molar-refractivity contribution in [3.63, 3.8) is 0 Å². The number of hydrogen-bond donors (Lipinski definition) is 0. The van der Waals surface area contributed by atoms with Crippen molar-refractivity contribution < 1.29 is 18.8 Å². The van der Waals surface area contributed by atoms with E-state index in [0.29, 0.717) is 12.8 Å². The number of para-hydroxylation sites is 1. The van der Waals surface area contributed by atoms with Crippen LogP contribution in [-0.4, -0.2) is 32.1 Å². The highest BCUT2D eigenvalue weighted by Crippen LogP contribution is 2.54. The number of benzene rings is 1. The van der Waals surface area contributed by atoms with Gasteiger partial charge in [-0.05, 0) is 56.5 Å². The Hall–Kier alpha value is -2.16. The maximum atomic E-state index is 12.9. The van der Waals surface area contributed by atoms with Crippen molar-refractivity contribution in [2.24, 2.45) is 11.8 Å². The maximum Gasteiger partial charge on any atom is 0.192 e. The van der Waals surface area contributed by atoms with E-state index in [1.807, 2.05) is 6.92 Å². The van der Waals surface area contributed by atoms with Gasteiger partial charge in [-0.3, -0.25) is 4.79 Å². The van der Waals surface area contributed by atoms with Crippen LogP contribution in [0.4, 0.5) is 0 Å². The van der Waals surface area contributed by atoms with Crippen molar-refractivity contribution in [2.45, 2.75) is 110 Å². The van der Waals surface area contributed by atoms with Crippen molar-refractivity contribution in [1.29, 1.82) is 0 Å². The number of Topliss-reactive ketones (excluding diaryl/α,β-unsaturated/α-hetero) is 1. The third-order valence-corrected chi connectivity index (χ3v) is 12.7. The van der Waals surface area contributed by atoms with Crippen molar-refractivity contribution in [1.82, 2.24) is 0 Å². The van der Waals surface area contributed by atoms with Gasteiger partial charge in [0.05, 0.1) is 6.10 Å². The summed E-state index contributed by atoms with van der Waals surface area (Å²) in [7, 11) is -2.01. The number of fused-ring (bicyclic) bond motifs is 3. The van der Waals surface area contributed by atoms with Crippen LogP contribution >= 0.6 is 0 Å². The van der Waals surface area contributed by atoms with Crippen LogP contribution in [0.2, 0.25) is 18.1 Å². The van der Waals surface area contributed by atoms with E-state index in [0.717, 1.165) is 25.0 Å². The van der Waals surface area contributed by atoms with E-state index >= 15 is 0 Å². The minimum atomic E-state index is -2.01. The second-order valence-corrected chi connectivity index (χ2v) is 16.9. The van der Waals surface area contributed by atoms with Crippen molar-refractivity contribution in [3.05, 3.63) is 41.5 Å². The van der Waals surface area contributed by atoms with Gasteiger partial charge in [0, 0.05) is 42.6 Å². The van der Waals surface area contributed by atoms with E-state index in [9.17, 15) is 9.59 Å². The summed E-state index contributed by atoms with van der Waals surface area (Å²) in [4.78, 5) is 24.3. The fourth-order valence-electron chi connectivity index (χ4n) is 5.08. The van der Waals surface area contributed by atoms with Gasteiger partial charge in [-0.25, -0.2) is 0 Å². The molecule has 0 bridgehead atoms. The summed E-state index contributed by atoms with van der Waals surface area (Å²) in [5, 5.41) is 0.102. The van der Waals surface area contributed by atoms with Crippen molar-refractivity contribution in [2.75, 3.05) is 0 Å². The van der Waals surface area contributed by atoms with Gasteiger partial charge in [0.2, 0.25) is 0 Å². The monoisotopic (exact) mass is 508 g/mol. The first-order valence-electron chi connectivity index (χ1n) is 13.4. The third-order valence-electron chi connectivity index (χ3n) is 8.25. The number of rotatable bonds is 10. The lowest BCUT2D eigenvalue weighted by molar-refractivity contribution is -0.118. The molecule has 2 aliphatic rings. The lowest BCUT2D eigenvalue weighted by Gasteiger charge is -2.40. The average Bonchev–Trinajstić information content (AvgIpc) is 3.30. The Labute approximate surface area is 219 Å². The molecule has 4 nitrogen and oxygen atoms in total. The molecular weight excluding hydrogens is 464 g/mol. The van der Waals surface area contributed by atoms with Crippen LogP contribution in [0.1, 0.15) is 84.3 Å². The summed E-state index contributed by atoms with van der Waals surface area (Å²) >= 11 is 0. The summed E-state index contributed by atoms with van der Waals surface area (Å²) in [5.74, 6) is 7.36. The van der Waals surface area contributed by atoms with Gasteiger partial charge < -0.3 is 14.0 Å². The molecule has 1 aromatic rings. The van der Waals surface area contributed by atoms with Crippen LogP contribution in [0.25, 0.3) is 0 Å². The van der Waals surface area contributed by atoms with Crippen LogP contribution in [-0.2, 0) is 20.4 Å². The third kappa shape index (κ3) is 6.39. The SMILES string of the molecule is CC#CC[C@H](C)C(=O)/C=C/[C@H]1C(O[Si](C)(C)C(C)(C)C)C[C@@H]2Oc3c(CCCC(C)=O)cccc3[C@@H]21. The minimum absolute atomic E-state index is 0.0187. The molecule has 1 aromatic carbocycles. The molecule has 5 heteroatoms. The Morgan fingerprint density at radius 2 is 2.00 bits per heavy atom. The molecule has 36 heavy (non-hydrogen) atoms. The molecule has 1 aliphatic heterocycles. The summed E-state index contributed by atoms with van der Waals surface area (Å²) in [5.41, 5.74) is 2.39. The van der Waals surface area contributed by atoms with E-state index in [4.69, 9.17) is 9.16 Å². The van der Waals surface area contributed by atoms with Crippen LogP contribution in [0.3, 0.4) is 0 Å². The standard InChI is InChI=1S/C31H44O4Si/c1-9-10-13-21(2)26(33)19-18-24-27(35-36(7,8)31(4,5)6)20-28-29(24)25-17-12-16-23(30(25)34-28)15-11-14-22(3)32/h12,16-19,21,24,27-29H,11,13-15,20H2,1-8H3/b19-18+/t21-,24-,27?,28-,29-/m0/s1. The predicted molar refractivity (Wildman–Crippen MR) is 149 cm³/mol. The van der Waals surface area contributed by atoms with E-state index in [1.54, 1.807) is 19.9 Å². The number of ether oxygens (including phenoxy) is 1. The molecule has 1 fully saturated rings. The molecule has 0 spiro atoms. The predicted octanol–water partition coefficient (Wildman–Crippen LogP) is 7.03. The van der Waals surface area contributed by atoms with Gasteiger partial charge >= 0.3 is 0 Å². The lowest BCUT2D eigenvalue weighted by Crippen LogP contribution is -2.45. The fourth-order valence-corrected chi connectivity index (χ4v) is 6.44. The number of allylic oxidation sites excluding steroid dienone is 1. The van der Waals surface area contributed by atoms with Crippen molar-refractivity contribution in [3.8, 4) is 17.6 Å². The smallest absolute Gasteiger partial charge is 0.192 e. The van der Waals surface area contributed by atoms with Gasteiger partial charge in [0.15, 0.2) is 14.1 Å². The second-order valence-electron chi connectivity index (χ2n) is 12.1. The Kier molecular flexibility index (Phi) is 9.06. The van der Waals surface area contributed by atoms with Crippen LogP contribution in [0.15, 0.2) is 30.4 Å². The first kappa shape index (κ1) is 28.4. The molecule has 0 aromatic heterocycles. The molecule has 0 radical (unpaired) electrons. The summed E-state index contributed by atoms with van der Waals surface area (Å²) in [6, 6.07) is 6.40. The normalized spacial score (nSPS) is 24.0. The molecule has 3 rings (SSSR count). The molecule has 0 amide bonds. The molecule has 196 valence electrons. The summed E-state index contributed by atoms with van der Waals surface area (Å²) in [6.07, 6.45) is 7.58. The highest BCUT2D eigenvalue weighted by Gasteiger charge is 2.52. The molecule has 1 unspecified atom stereocenters. The molecule has 1 saturated carbocycles. The van der Waals surface area contributed by atoms with E-state index in [2.05, 4.69) is 70.0 Å². The van der Waals surface area contributed by atoms with Crippen LogP contribution in [0.5, 0.6) is 5.75 Å².